The standard InChI is InChI=1S/C14H17N3/c1-10-4-3-9-17(10)13-7-6-12(15)14-11(13)5-2-8-16-14/h2,5-8,10H,3-4,9,15H2,1H3. The average molecular weight is 227 g/mol. The Balaban J connectivity index is 2.20. The number of nitrogen functional groups attached to an aromatic ring is 1. The van der Waals surface area contributed by atoms with Gasteiger partial charge in [0.05, 0.1) is 11.2 Å². The molecule has 1 aliphatic heterocycles. The van der Waals surface area contributed by atoms with E-state index in [0.717, 1.165) is 17.7 Å². The molecule has 2 heterocycles. The van der Waals surface area contributed by atoms with Crippen LogP contribution in [0, 0.1) is 0 Å². The van der Waals surface area contributed by atoms with Gasteiger partial charge < -0.3 is 10.6 Å². The summed E-state index contributed by atoms with van der Waals surface area (Å²) in [5.41, 5.74) is 8.93. The topological polar surface area (TPSA) is 42.1 Å². The Hall–Kier alpha value is -1.77. The number of anilines is 2. The van der Waals surface area contributed by atoms with Gasteiger partial charge in [-0.1, -0.05) is 0 Å². The number of hydrogen-bond donors (Lipinski definition) is 1. The van der Waals surface area contributed by atoms with E-state index in [1.807, 2.05) is 12.1 Å². The van der Waals surface area contributed by atoms with E-state index in [1.165, 1.54) is 23.9 Å². The number of hydrogen-bond acceptors (Lipinski definition) is 3. The molecule has 2 N–H and O–H groups in total. The highest BCUT2D eigenvalue weighted by molar-refractivity contribution is 5.98. The van der Waals surface area contributed by atoms with Crippen molar-refractivity contribution in [2.75, 3.05) is 17.2 Å². The van der Waals surface area contributed by atoms with Crippen LogP contribution in [0.3, 0.4) is 0 Å². The van der Waals surface area contributed by atoms with Gasteiger partial charge in [0.15, 0.2) is 0 Å². The second kappa shape index (κ2) is 3.91. The zero-order valence-electron chi connectivity index (χ0n) is 10.1. The Kier molecular flexibility index (Phi) is 2.39. The van der Waals surface area contributed by atoms with E-state index < -0.39 is 0 Å². The summed E-state index contributed by atoms with van der Waals surface area (Å²) in [6.45, 7) is 3.42. The molecule has 1 aromatic carbocycles. The molecule has 17 heavy (non-hydrogen) atoms. The second-order valence-electron chi connectivity index (χ2n) is 4.76. The Labute approximate surface area is 101 Å². The van der Waals surface area contributed by atoms with E-state index in [9.17, 15) is 0 Å². The Bertz CT molecular complexity index is 550. The van der Waals surface area contributed by atoms with Crippen LogP contribution in [0.4, 0.5) is 11.4 Å². The fraction of sp³-hybridized carbons (Fsp3) is 0.357. The lowest BCUT2D eigenvalue weighted by atomic mass is 10.1. The molecule has 3 nitrogen and oxygen atoms in total. The zero-order valence-corrected chi connectivity index (χ0v) is 10.1. The molecule has 3 heteroatoms. The number of rotatable bonds is 1. The van der Waals surface area contributed by atoms with Gasteiger partial charge in [0, 0.05) is 29.9 Å². The summed E-state index contributed by atoms with van der Waals surface area (Å²) < 4.78 is 0. The highest BCUT2D eigenvalue weighted by atomic mass is 15.2. The Morgan fingerprint density at radius 3 is 3.00 bits per heavy atom. The molecule has 1 saturated heterocycles. The van der Waals surface area contributed by atoms with E-state index in [0.29, 0.717) is 6.04 Å². The monoisotopic (exact) mass is 227 g/mol. The van der Waals surface area contributed by atoms with Crippen molar-refractivity contribution in [3.05, 3.63) is 30.5 Å². The third-order valence-corrected chi connectivity index (χ3v) is 3.64. The maximum absolute atomic E-state index is 5.98. The molecule has 1 fully saturated rings. The Morgan fingerprint density at radius 1 is 1.35 bits per heavy atom. The van der Waals surface area contributed by atoms with Crippen molar-refractivity contribution in [3.8, 4) is 0 Å². The van der Waals surface area contributed by atoms with Gasteiger partial charge in [-0.3, -0.25) is 4.98 Å². The van der Waals surface area contributed by atoms with Crippen LogP contribution in [0.15, 0.2) is 30.5 Å². The van der Waals surface area contributed by atoms with Crippen LogP contribution in [0.1, 0.15) is 19.8 Å². The molecule has 1 aliphatic rings. The molecular formula is C14H17N3. The van der Waals surface area contributed by atoms with Crippen LogP contribution in [0.2, 0.25) is 0 Å². The van der Waals surface area contributed by atoms with Crippen molar-refractivity contribution in [1.82, 2.24) is 4.98 Å². The van der Waals surface area contributed by atoms with Crippen LogP contribution in [0.25, 0.3) is 10.9 Å². The lowest BCUT2D eigenvalue weighted by Gasteiger charge is -2.25. The van der Waals surface area contributed by atoms with Crippen LogP contribution in [0.5, 0.6) is 0 Å². The summed E-state index contributed by atoms with van der Waals surface area (Å²) in [5.74, 6) is 0. The maximum Gasteiger partial charge on any atom is 0.0951 e. The van der Waals surface area contributed by atoms with Gasteiger partial charge in [-0.25, -0.2) is 0 Å². The van der Waals surface area contributed by atoms with E-state index in [4.69, 9.17) is 5.73 Å². The first kappa shape index (κ1) is 10.4. The highest BCUT2D eigenvalue weighted by Crippen LogP contribution is 2.33. The van der Waals surface area contributed by atoms with Gasteiger partial charge in [0.2, 0.25) is 0 Å². The smallest absolute Gasteiger partial charge is 0.0951 e. The average Bonchev–Trinajstić information content (AvgIpc) is 2.77. The van der Waals surface area contributed by atoms with E-state index in [1.54, 1.807) is 6.20 Å². The first-order valence-electron chi connectivity index (χ1n) is 6.17. The lowest BCUT2D eigenvalue weighted by Crippen LogP contribution is -2.26. The summed E-state index contributed by atoms with van der Waals surface area (Å²) >= 11 is 0. The van der Waals surface area contributed by atoms with Crippen molar-refractivity contribution < 1.29 is 0 Å². The fourth-order valence-electron chi connectivity index (χ4n) is 2.72. The van der Waals surface area contributed by atoms with Crippen molar-refractivity contribution in [2.45, 2.75) is 25.8 Å². The van der Waals surface area contributed by atoms with Crippen LogP contribution < -0.4 is 10.6 Å². The quantitative estimate of drug-likeness (QED) is 0.762. The predicted molar refractivity (Wildman–Crippen MR) is 72.2 cm³/mol. The summed E-state index contributed by atoms with van der Waals surface area (Å²) in [5, 5.41) is 1.17. The van der Waals surface area contributed by atoms with Crippen molar-refractivity contribution in [1.29, 1.82) is 0 Å². The molecule has 88 valence electrons. The molecule has 3 rings (SSSR count). The summed E-state index contributed by atoms with van der Waals surface area (Å²) in [6, 6.07) is 8.80. The SMILES string of the molecule is CC1CCCN1c1ccc(N)c2ncccc12. The minimum absolute atomic E-state index is 0.613. The molecule has 1 atom stereocenters. The second-order valence-corrected chi connectivity index (χ2v) is 4.76. The third kappa shape index (κ3) is 1.62. The number of nitrogens with two attached hydrogens (primary N) is 1. The van der Waals surface area contributed by atoms with Crippen molar-refractivity contribution in [3.63, 3.8) is 0 Å². The van der Waals surface area contributed by atoms with Gasteiger partial charge in [-0.05, 0) is 44.0 Å². The fourth-order valence-corrected chi connectivity index (χ4v) is 2.72. The number of nitrogens with zero attached hydrogens (tertiary/aromatic N) is 2. The van der Waals surface area contributed by atoms with Crippen LogP contribution >= 0.6 is 0 Å². The minimum Gasteiger partial charge on any atom is -0.397 e. The molecule has 0 spiro atoms. The summed E-state index contributed by atoms with van der Waals surface area (Å²) in [4.78, 5) is 6.85. The van der Waals surface area contributed by atoms with Gasteiger partial charge in [-0.2, -0.15) is 0 Å². The molecule has 0 aliphatic carbocycles. The number of benzene rings is 1. The van der Waals surface area contributed by atoms with Gasteiger partial charge >= 0.3 is 0 Å². The highest BCUT2D eigenvalue weighted by Gasteiger charge is 2.22. The van der Waals surface area contributed by atoms with Crippen LogP contribution in [-0.2, 0) is 0 Å². The normalized spacial score (nSPS) is 20.1. The maximum atomic E-state index is 5.98. The molecule has 2 aromatic rings. The van der Waals surface area contributed by atoms with Crippen molar-refractivity contribution in [2.24, 2.45) is 0 Å². The molecule has 1 aromatic heterocycles. The van der Waals surface area contributed by atoms with E-state index >= 15 is 0 Å². The molecule has 0 saturated carbocycles. The summed E-state index contributed by atoms with van der Waals surface area (Å²) in [7, 11) is 0. The van der Waals surface area contributed by atoms with E-state index in [-0.39, 0.29) is 0 Å². The number of aromatic nitrogens is 1. The van der Waals surface area contributed by atoms with Gasteiger partial charge in [-0.15, -0.1) is 0 Å². The first-order valence-corrected chi connectivity index (χ1v) is 6.17. The van der Waals surface area contributed by atoms with Crippen LogP contribution in [-0.4, -0.2) is 17.6 Å². The minimum atomic E-state index is 0.613. The molecule has 0 bridgehead atoms. The first-order chi connectivity index (χ1) is 8.27. The largest absolute Gasteiger partial charge is 0.397 e. The van der Waals surface area contributed by atoms with Crippen molar-refractivity contribution >= 4 is 22.3 Å². The molecular weight excluding hydrogens is 210 g/mol. The molecule has 0 radical (unpaired) electrons. The predicted octanol–water partition coefficient (Wildman–Crippen LogP) is 2.81. The van der Waals surface area contributed by atoms with Gasteiger partial charge in [0.25, 0.3) is 0 Å². The van der Waals surface area contributed by atoms with E-state index in [2.05, 4.69) is 28.9 Å². The third-order valence-electron chi connectivity index (χ3n) is 3.64. The Morgan fingerprint density at radius 2 is 2.24 bits per heavy atom. The van der Waals surface area contributed by atoms with Gasteiger partial charge in [0.1, 0.15) is 0 Å². The molecule has 0 amide bonds. The lowest BCUT2D eigenvalue weighted by molar-refractivity contribution is 0.737. The molecule has 1 unspecified atom stereocenters. The number of fused-ring (bicyclic) bond motifs is 1. The zero-order chi connectivity index (χ0) is 11.8. The summed E-state index contributed by atoms with van der Waals surface area (Å²) in [6.07, 6.45) is 4.34. The number of pyridine rings is 1.